The molecule has 0 atom stereocenters. The molecule has 1 saturated heterocycles. The second kappa shape index (κ2) is 6.62. The van der Waals surface area contributed by atoms with Crippen LogP contribution >= 0.6 is 0 Å². The highest BCUT2D eigenvalue weighted by Crippen LogP contribution is 2.53. The third kappa shape index (κ3) is 2.75. The predicted molar refractivity (Wildman–Crippen MR) is 114 cm³/mol. The Labute approximate surface area is 177 Å². The van der Waals surface area contributed by atoms with E-state index in [4.69, 9.17) is 9.47 Å². The van der Waals surface area contributed by atoms with Gasteiger partial charge < -0.3 is 9.47 Å². The van der Waals surface area contributed by atoms with Crippen molar-refractivity contribution in [2.45, 2.75) is 37.0 Å². The first-order valence-electron chi connectivity index (χ1n) is 10.8. The summed E-state index contributed by atoms with van der Waals surface area (Å²) in [5, 5.41) is 0. The fraction of sp³-hybridized carbons (Fsp3) is 0.478. The molecule has 2 aromatic rings. The Morgan fingerprint density at radius 1 is 1.00 bits per heavy atom. The molecule has 2 aromatic carbocycles. The molecule has 6 rings (SSSR count). The summed E-state index contributed by atoms with van der Waals surface area (Å²) in [6.45, 7) is 3.24. The molecule has 158 valence electrons. The molecule has 1 saturated carbocycles. The highest BCUT2D eigenvalue weighted by atomic mass is 32.2. The molecule has 4 aliphatic rings. The van der Waals surface area contributed by atoms with Crippen LogP contribution in [0.4, 0.5) is 5.69 Å². The van der Waals surface area contributed by atoms with Gasteiger partial charge in [0.25, 0.3) is 0 Å². The van der Waals surface area contributed by atoms with Crippen LogP contribution in [0.25, 0.3) is 0 Å². The SMILES string of the molecule is O=S1(=O)N(CC2CC2)c2ccccc2C12CCN(Cc1ccc3c(c1)OCO3)CC2. The fourth-order valence-corrected chi connectivity index (χ4v) is 7.58. The summed E-state index contributed by atoms with van der Waals surface area (Å²) in [6, 6.07) is 14.0. The van der Waals surface area contributed by atoms with Crippen LogP contribution in [0.1, 0.15) is 36.8 Å². The number of benzene rings is 2. The average molecular weight is 427 g/mol. The van der Waals surface area contributed by atoms with Crippen LogP contribution in [0.15, 0.2) is 42.5 Å². The highest BCUT2D eigenvalue weighted by molar-refractivity contribution is 7.94. The lowest BCUT2D eigenvalue weighted by molar-refractivity contribution is 0.173. The highest BCUT2D eigenvalue weighted by Gasteiger charge is 2.57. The maximum Gasteiger partial charge on any atom is 0.245 e. The number of rotatable bonds is 4. The standard InChI is InChI=1S/C23H26N2O4S/c26-30(27)23(19-3-1-2-4-20(19)25(30)15-17-5-6-17)9-11-24(12-10-23)14-18-7-8-21-22(13-18)29-16-28-21/h1-4,7-8,13,17H,5-6,9-12,14-16H2. The summed E-state index contributed by atoms with van der Waals surface area (Å²) in [4.78, 5) is 2.35. The van der Waals surface area contributed by atoms with E-state index in [9.17, 15) is 8.42 Å². The Bertz CT molecular complexity index is 1090. The smallest absolute Gasteiger partial charge is 0.245 e. The maximum atomic E-state index is 13.8. The van der Waals surface area contributed by atoms with Crippen molar-refractivity contribution in [1.82, 2.24) is 4.90 Å². The van der Waals surface area contributed by atoms with E-state index in [-0.39, 0.29) is 6.79 Å². The number of hydrogen-bond acceptors (Lipinski definition) is 5. The molecule has 3 heterocycles. The van der Waals surface area contributed by atoms with Gasteiger partial charge in [0.05, 0.1) is 5.69 Å². The van der Waals surface area contributed by atoms with Crippen LogP contribution in [0, 0.1) is 5.92 Å². The van der Waals surface area contributed by atoms with Crippen LogP contribution in [0.2, 0.25) is 0 Å². The third-order valence-electron chi connectivity index (χ3n) is 7.08. The van der Waals surface area contributed by atoms with Gasteiger partial charge in [-0.3, -0.25) is 9.21 Å². The first kappa shape index (κ1) is 18.5. The number of piperidine rings is 1. The van der Waals surface area contributed by atoms with Gasteiger partial charge in [-0.05, 0) is 60.9 Å². The zero-order valence-electron chi connectivity index (χ0n) is 16.9. The van der Waals surface area contributed by atoms with E-state index in [1.165, 1.54) is 5.56 Å². The van der Waals surface area contributed by atoms with E-state index in [0.29, 0.717) is 25.3 Å². The zero-order valence-corrected chi connectivity index (χ0v) is 17.7. The molecular weight excluding hydrogens is 400 g/mol. The van der Waals surface area contributed by atoms with Crippen LogP contribution in [0.5, 0.6) is 11.5 Å². The first-order chi connectivity index (χ1) is 14.6. The van der Waals surface area contributed by atoms with Crippen LogP contribution in [0.3, 0.4) is 0 Å². The number of sulfonamides is 1. The summed E-state index contributed by atoms with van der Waals surface area (Å²) < 4.78 is 39.4. The minimum Gasteiger partial charge on any atom is -0.454 e. The van der Waals surface area contributed by atoms with Gasteiger partial charge in [0.2, 0.25) is 16.8 Å². The molecule has 0 bridgehead atoms. The van der Waals surface area contributed by atoms with Gasteiger partial charge >= 0.3 is 0 Å². The number of nitrogens with zero attached hydrogens (tertiary/aromatic N) is 2. The minimum atomic E-state index is -3.40. The van der Waals surface area contributed by atoms with Crippen molar-refractivity contribution in [3.63, 3.8) is 0 Å². The Kier molecular flexibility index (Phi) is 4.09. The number of likely N-dealkylation sites (tertiary alicyclic amines) is 1. The van der Waals surface area contributed by atoms with Crippen molar-refractivity contribution >= 4 is 15.7 Å². The number of hydrogen-bond donors (Lipinski definition) is 0. The molecule has 7 heteroatoms. The Balaban J connectivity index is 1.24. The Morgan fingerprint density at radius 2 is 1.77 bits per heavy atom. The fourth-order valence-electron chi connectivity index (χ4n) is 5.18. The number of anilines is 1. The van der Waals surface area contributed by atoms with E-state index in [1.807, 2.05) is 36.4 Å². The quantitative estimate of drug-likeness (QED) is 0.749. The van der Waals surface area contributed by atoms with E-state index in [0.717, 1.165) is 55.2 Å². The van der Waals surface area contributed by atoms with E-state index < -0.39 is 14.8 Å². The largest absolute Gasteiger partial charge is 0.454 e. The molecule has 0 radical (unpaired) electrons. The topological polar surface area (TPSA) is 59.1 Å². The van der Waals surface area contributed by atoms with Crippen molar-refractivity contribution in [2.24, 2.45) is 5.92 Å². The van der Waals surface area contributed by atoms with Crippen LogP contribution < -0.4 is 13.8 Å². The number of para-hydroxylation sites is 1. The van der Waals surface area contributed by atoms with Gasteiger partial charge in [0, 0.05) is 26.2 Å². The van der Waals surface area contributed by atoms with Crippen molar-refractivity contribution < 1.29 is 17.9 Å². The molecule has 3 aliphatic heterocycles. The monoisotopic (exact) mass is 426 g/mol. The molecule has 0 unspecified atom stereocenters. The first-order valence-corrected chi connectivity index (χ1v) is 12.2. The normalized spacial score (nSPS) is 23.7. The van der Waals surface area contributed by atoms with E-state index >= 15 is 0 Å². The summed E-state index contributed by atoms with van der Waals surface area (Å²) >= 11 is 0. The Hall–Kier alpha value is -2.25. The lowest BCUT2D eigenvalue weighted by atomic mass is 9.87. The lowest BCUT2D eigenvalue weighted by Gasteiger charge is -2.39. The lowest BCUT2D eigenvalue weighted by Crippen LogP contribution is -2.48. The van der Waals surface area contributed by atoms with Gasteiger partial charge in [-0.2, -0.15) is 0 Å². The molecule has 0 aromatic heterocycles. The molecule has 6 nitrogen and oxygen atoms in total. The van der Waals surface area contributed by atoms with Gasteiger partial charge in [-0.25, -0.2) is 8.42 Å². The molecule has 1 aliphatic carbocycles. The zero-order chi connectivity index (χ0) is 20.3. The summed E-state index contributed by atoms with van der Waals surface area (Å²) in [7, 11) is -3.40. The molecule has 2 fully saturated rings. The number of fused-ring (bicyclic) bond motifs is 3. The number of ether oxygens (including phenoxy) is 2. The van der Waals surface area contributed by atoms with Crippen LogP contribution in [-0.4, -0.2) is 39.7 Å². The average Bonchev–Trinajstić information content (AvgIpc) is 3.43. The van der Waals surface area contributed by atoms with E-state index in [2.05, 4.69) is 11.0 Å². The maximum absolute atomic E-state index is 13.8. The summed E-state index contributed by atoms with van der Waals surface area (Å²) in [5.41, 5.74) is 3.09. The van der Waals surface area contributed by atoms with Gasteiger partial charge in [0.1, 0.15) is 4.75 Å². The van der Waals surface area contributed by atoms with Crippen LogP contribution in [-0.2, 0) is 21.3 Å². The summed E-state index contributed by atoms with van der Waals surface area (Å²) in [6.07, 6.45) is 3.56. The van der Waals surface area contributed by atoms with Crippen molar-refractivity contribution in [3.05, 3.63) is 53.6 Å². The van der Waals surface area contributed by atoms with E-state index in [1.54, 1.807) is 4.31 Å². The summed E-state index contributed by atoms with van der Waals surface area (Å²) in [5.74, 6) is 2.11. The molecule has 1 spiro atoms. The third-order valence-corrected chi connectivity index (χ3v) is 9.62. The van der Waals surface area contributed by atoms with Gasteiger partial charge in [0.15, 0.2) is 11.5 Å². The minimum absolute atomic E-state index is 0.277. The molecule has 0 amide bonds. The van der Waals surface area contributed by atoms with Crippen molar-refractivity contribution in [1.29, 1.82) is 0 Å². The second-order valence-corrected chi connectivity index (χ2v) is 11.1. The van der Waals surface area contributed by atoms with Crippen molar-refractivity contribution in [3.8, 4) is 11.5 Å². The molecule has 30 heavy (non-hydrogen) atoms. The van der Waals surface area contributed by atoms with Crippen molar-refractivity contribution in [2.75, 3.05) is 30.7 Å². The van der Waals surface area contributed by atoms with Gasteiger partial charge in [-0.15, -0.1) is 0 Å². The Morgan fingerprint density at radius 3 is 2.57 bits per heavy atom. The second-order valence-electron chi connectivity index (χ2n) is 8.95. The predicted octanol–water partition coefficient (Wildman–Crippen LogP) is 3.47. The van der Waals surface area contributed by atoms with Gasteiger partial charge in [-0.1, -0.05) is 24.3 Å². The molecular formula is C23H26N2O4S. The molecule has 0 N–H and O–H groups in total.